The molecule has 0 aliphatic heterocycles. The van der Waals surface area contributed by atoms with Gasteiger partial charge in [-0.05, 0) is 24.1 Å². The number of nitrogens with two attached hydrogens (primary N) is 1. The van der Waals surface area contributed by atoms with E-state index in [2.05, 4.69) is 0 Å². The average Bonchev–Trinajstić information content (AvgIpc) is 2.17. The molecule has 0 aliphatic rings. The van der Waals surface area contributed by atoms with Crippen molar-refractivity contribution >= 4 is 5.97 Å². The summed E-state index contributed by atoms with van der Waals surface area (Å²) in [5.74, 6) is -0.344. The van der Waals surface area contributed by atoms with Crippen molar-refractivity contribution in [2.75, 3.05) is 7.11 Å². The summed E-state index contributed by atoms with van der Waals surface area (Å²) in [5.41, 5.74) is 6.62. The summed E-state index contributed by atoms with van der Waals surface area (Å²) >= 11 is 0. The predicted molar refractivity (Wildman–Crippen MR) is 54.3 cm³/mol. The Bertz CT molecular complexity index is 327. The van der Waals surface area contributed by atoms with Crippen LogP contribution < -0.4 is 45.1 Å². The van der Waals surface area contributed by atoms with Crippen molar-refractivity contribution in [3.05, 3.63) is 29.8 Å². The summed E-state index contributed by atoms with van der Waals surface area (Å²) in [6, 6.07) is 6.98. The van der Waals surface area contributed by atoms with Crippen LogP contribution in [0.3, 0.4) is 0 Å². The molecule has 0 heterocycles. The molecule has 1 aromatic rings. The zero-order valence-electron chi connectivity index (χ0n) is 9.60. The standard InChI is InChI=1S/C11H15NO3.Na/c1-15-10-4-2-8(3-5-10)6-9(12)7-11(13)14;/h2-5,9H,6-7,12H2,1H3,(H,13,14);/q;+1/p-1. The molecule has 16 heavy (non-hydrogen) atoms. The van der Waals surface area contributed by atoms with E-state index in [1.165, 1.54) is 0 Å². The number of ether oxygens (including phenoxy) is 1. The van der Waals surface area contributed by atoms with E-state index in [9.17, 15) is 9.90 Å². The maximum Gasteiger partial charge on any atom is 1.00 e. The molecule has 0 saturated heterocycles. The maximum atomic E-state index is 10.3. The van der Waals surface area contributed by atoms with Gasteiger partial charge in [-0.1, -0.05) is 12.1 Å². The second-order valence-electron chi connectivity index (χ2n) is 3.39. The summed E-state index contributed by atoms with van der Waals surface area (Å²) in [7, 11) is 1.59. The van der Waals surface area contributed by atoms with E-state index >= 15 is 0 Å². The van der Waals surface area contributed by atoms with Crippen molar-refractivity contribution in [3.8, 4) is 5.75 Å². The summed E-state index contributed by atoms with van der Waals surface area (Å²) < 4.78 is 5.00. The number of benzene rings is 1. The predicted octanol–water partition coefficient (Wildman–Crippen LogP) is -3.29. The Hall–Kier alpha value is -0.550. The van der Waals surface area contributed by atoms with E-state index in [0.29, 0.717) is 6.42 Å². The Morgan fingerprint density at radius 3 is 2.44 bits per heavy atom. The summed E-state index contributed by atoms with van der Waals surface area (Å²) in [5, 5.41) is 10.3. The monoisotopic (exact) mass is 231 g/mol. The zero-order chi connectivity index (χ0) is 11.3. The first-order valence-electron chi connectivity index (χ1n) is 4.70. The minimum Gasteiger partial charge on any atom is -0.550 e. The maximum absolute atomic E-state index is 10.3. The molecule has 0 aliphatic carbocycles. The molecule has 1 aromatic carbocycles. The third-order valence-electron chi connectivity index (χ3n) is 2.09. The fourth-order valence-corrected chi connectivity index (χ4v) is 1.35. The molecule has 2 N–H and O–H groups in total. The summed E-state index contributed by atoms with van der Waals surface area (Å²) in [6.45, 7) is 0. The van der Waals surface area contributed by atoms with Crippen LogP contribution in [0, 0.1) is 0 Å². The quantitative estimate of drug-likeness (QED) is 0.539. The molecule has 1 rings (SSSR count). The van der Waals surface area contributed by atoms with Crippen molar-refractivity contribution in [3.63, 3.8) is 0 Å². The van der Waals surface area contributed by atoms with Crippen LogP contribution >= 0.6 is 0 Å². The number of hydrogen-bond donors (Lipinski definition) is 1. The van der Waals surface area contributed by atoms with Crippen LogP contribution in [0.2, 0.25) is 0 Å². The number of carbonyl (C=O) groups excluding carboxylic acids is 1. The number of rotatable bonds is 5. The second-order valence-corrected chi connectivity index (χ2v) is 3.39. The summed E-state index contributed by atoms with van der Waals surface area (Å²) in [6.07, 6.45) is 0.407. The second kappa shape index (κ2) is 7.68. The van der Waals surface area contributed by atoms with E-state index < -0.39 is 12.0 Å². The number of methoxy groups -OCH3 is 1. The zero-order valence-corrected chi connectivity index (χ0v) is 11.6. The Kier molecular flexibility index (Phi) is 7.42. The van der Waals surface area contributed by atoms with Gasteiger partial charge in [-0.25, -0.2) is 0 Å². The first-order valence-corrected chi connectivity index (χ1v) is 4.70. The van der Waals surface area contributed by atoms with Gasteiger partial charge in [0, 0.05) is 18.4 Å². The SMILES string of the molecule is COc1ccc(CC(N)CC(=O)[O-])cc1.[Na+]. The Balaban J connectivity index is 0.00000225. The van der Waals surface area contributed by atoms with Crippen molar-refractivity contribution in [2.24, 2.45) is 5.73 Å². The number of carboxylic acid groups (broad SMARTS) is 1. The van der Waals surface area contributed by atoms with Gasteiger partial charge in [0.2, 0.25) is 0 Å². The van der Waals surface area contributed by atoms with Gasteiger partial charge in [-0.15, -0.1) is 0 Å². The molecule has 0 fully saturated rings. The van der Waals surface area contributed by atoms with Gasteiger partial charge in [0.25, 0.3) is 0 Å². The molecule has 1 unspecified atom stereocenters. The third-order valence-corrected chi connectivity index (χ3v) is 2.09. The first kappa shape index (κ1) is 15.4. The molecule has 0 radical (unpaired) electrons. The van der Waals surface area contributed by atoms with Gasteiger partial charge < -0.3 is 20.4 Å². The minimum atomic E-state index is -1.11. The van der Waals surface area contributed by atoms with Crippen LogP contribution in [0.25, 0.3) is 0 Å². The van der Waals surface area contributed by atoms with Crippen molar-refractivity contribution in [1.82, 2.24) is 0 Å². The van der Waals surface area contributed by atoms with Crippen LogP contribution in [0.15, 0.2) is 24.3 Å². The van der Waals surface area contributed by atoms with E-state index in [1.807, 2.05) is 24.3 Å². The van der Waals surface area contributed by atoms with Gasteiger partial charge in [0.05, 0.1) is 7.11 Å². The molecule has 0 spiro atoms. The number of aliphatic carboxylic acids is 1. The first-order chi connectivity index (χ1) is 7.11. The van der Waals surface area contributed by atoms with Gasteiger partial charge in [0.15, 0.2) is 0 Å². The van der Waals surface area contributed by atoms with Gasteiger partial charge in [-0.2, -0.15) is 0 Å². The topological polar surface area (TPSA) is 75.4 Å². The van der Waals surface area contributed by atoms with Crippen LogP contribution in [0.5, 0.6) is 5.75 Å². The number of hydrogen-bond acceptors (Lipinski definition) is 4. The van der Waals surface area contributed by atoms with E-state index in [4.69, 9.17) is 10.5 Å². The van der Waals surface area contributed by atoms with Crippen LogP contribution in [0.4, 0.5) is 0 Å². The fourth-order valence-electron chi connectivity index (χ4n) is 1.35. The van der Waals surface area contributed by atoms with Gasteiger partial charge in [0.1, 0.15) is 5.75 Å². The Morgan fingerprint density at radius 2 is 2.00 bits per heavy atom. The fraction of sp³-hybridized carbons (Fsp3) is 0.364. The molecular formula is C11H14NNaO3. The molecule has 0 aromatic heterocycles. The van der Waals surface area contributed by atoms with Crippen molar-refractivity contribution in [1.29, 1.82) is 0 Å². The molecule has 82 valence electrons. The number of carboxylic acids is 1. The van der Waals surface area contributed by atoms with Gasteiger partial charge >= 0.3 is 29.6 Å². The molecular weight excluding hydrogens is 217 g/mol. The summed E-state index contributed by atoms with van der Waals surface area (Å²) in [4.78, 5) is 10.3. The minimum absolute atomic E-state index is 0. The van der Waals surface area contributed by atoms with Crippen LogP contribution in [-0.4, -0.2) is 19.1 Å². The Labute approximate surface area is 117 Å². The number of carbonyl (C=O) groups is 1. The largest absolute Gasteiger partial charge is 1.00 e. The smallest absolute Gasteiger partial charge is 0.550 e. The van der Waals surface area contributed by atoms with Crippen molar-refractivity contribution < 1.29 is 44.2 Å². The molecule has 1 atom stereocenters. The van der Waals surface area contributed by atoms with Crippen molar-refractivity contribution in [2.45, 2.75) is 18.9 Å². The van der Waals surface area contributed by atoms with Crippen LogP contribution in [-0.2, 0) is 11.2 Å². The molecule has 5 heteroatoms. The molecule has 0 bridgehead atoms. The molecule has 0 saturated carbocycles. The molecule has 4 nitrogen and oxygen atoms in total. The average molecular weight is 231 g/mol. The van der Waals surface area contributed by atoms with E-state index in [-0.39, 0.29) is 36.0 Å². The van der Waals surface area contributed by atoms with E-state index in [1.54, 1.807) is 7.11 Å². The van der Waals surface area contributed by atoms with Crippen LogP contribution in [0.1, 0.15) is 12.0 Å². The third kappa shape index (κ3) is 5.51. The van der Waals surface area contributed by atoms with E-state index in [0.717, 1.165) is 11.3 Å². The Morgan fingerprint density at radius 1 is 1.44 bits per heavy atom. The normalized spacial score (nSPS) is 11.4. The van der Waals surface area contributed by atoms with Gasteiger partial charge in [-0.3, -0.25) is 0 Å². The molecule has 0 amide bonds.